The number of hydrogen-bond acceptors (Lipinski definition) is 4. The molecule has 2 heterocycles. The maximum Gasteiger partial charge on any atom is 0.314 e. The second-order valence-corrected chi connectivity index (χ2v) is 4.87. The fourth-order valence-corrected chi connectivity index (χ4v) is 2.12. The van der Waals surface area contributed by atoms with Crippen LogP contribution in [0.15, 0.2) is 35.3 Å². The Balaban J connectivity index is 1.75. The Labute approximate surface area is 130 Å². The first-order chi connectivity index (χ1) is 11.2. The van der Waals surface area contributed by atoms with Crippen LogP contribution in [0, 0.1) is 5.82 Å². The van der Waals surface area contributed by atoms with E-state index in [0.29, 0.717) is 17.6 Å². The van der Waals surface area contributed by atoms with Crippen LogP contribution in [0.4, 0.5) is 9.18 Å². The summed E-state index contributed by atoms with van der Waals surface area (Å²) in [7, 11) is 1.54. The van der Waals surface area contributed by atoms with E-state index in [2.05, 4.69) is 20.6 Å². The number of halogens is 1. The lowest BCUT2D eigenvalue weighted by Crippen LogP contribution is -2.32. The number of amides is 2. The standard InChI is InChI=1S/C15H15FN4O3/c1-17-15(21)18-5-10-2-9-3-12(16)14(4-13(9)20-10)23-7-11-6-22-8-19-11/h2-4,6,8,20H,5,7H2,1H3,(H2,17,18,21). The fraction of sp³-hybridized carbons (Fsp3) is 0.200. The van der Waals surface area contributed by atoms with Gasteiger partial charge in [0.15, 0.2) is 18.0 Å². The molecular formula is C15H15FN4O3. The highest BCUT2D eigenvalue weighted by Crippen LogP contribution is 2.26. The van der Waals surface area contributed by atoms with Crippen LogP contribution in [0.1, 0.15) is 11.4 Å². The number of carbonyl (C=O) groups excluding carboxylic acids is 1. The van der Waals surface area contributed by atoms with E-state index >= 15 is 0 Å². The normalized spacial score (nSPS) is 10.7. The third-order valence-electron chi connectivity index (χ3n) is 3.25. The maximum absolute atomic E-state index is 14.1. The molecular weight excluding hydrogens is 303 g/mol. The smallest absolute Gasteiger partial charge is 0.314 e. The summed E-state index contributed by atoms with van der Waals surface area (Å²) in [4.78, 5) is 18.2. The Morgan fingerprint density at radius 2 is 2.30 bits per heavy atom. The van der Waals surface area contributed by atoms with Gasteiger partial charge < -0.3 is 24.8 Å². The number of H-pyrrole nitrogens is 1. The van der Waals surface area contributed by atoms with Gasteiger partial charge in [-0.2, -0.15) is 0 Å². The van der Waals surface area contributed by atoms with Crippen LogP contribution in [0.3, 0.4) is 0 Å². The Kier molecular flexibility index (Phi) is 4.13. The summed E-state index contributed by atoms with van der Waals surface area (Å²) in [5.41, 5.74) is 2.05. The molecule has 1 aromatic carbocycles. The topological polar surface area (TPSA) is 92.2 Å². The van der Waals surface area contributed by atoms with E-state index in [1.165, 1.54) is 25.8 Å². The van der Waals surface area contributed by atoms with Crippen LogP contribution in [0.25, 0.3) is 10.9 Å². The Bertz CT molecular complexity index is 814. The van der Waals surface area contributed by atoms with Gasteiger partial charge in [0.05, 0.1) is 6.54 Å². The summed E-state index contributed by atoms with van der Waals surface area (Å²) >= 11 is 0. The second kappa shape index (κ2) is 6.39. The van der Waals surface area contributed by atoms with Crippen molar-refractivity contribution in [3.05, 3.63) is 48.1 Å². The SMILES string of the molecule is CNC(=O)NCc1cc2cc(F)c(OCc3cocn3)cc2[nH]1. The van der Waals surface area contributed by atoms with Crippen LogP contribution in [0.2, 0.25) is 0 Å². The van der Waals surface area contributed by atoms with E-state index in [0.717, 1.165) is 11.2 Å². The molecule has 0 aliphatic carbocycles. The average molecular weight is 318 g/mol. The van der Waals surface area contributed by atoms with E-state index in [-0.39, 0.29) is 18.4 Å². The summed E-state index contributed by atoms with van der Waals surface area (Å²) < 4.78 is 24.3. The summed E-state index contributed by atoms with van der Waals surface area (Å²) in [6.07, 6.45) is 2.72. The molecule has 0 aliphatic heterocycles. The zero-order chi connectivity index (χ0) is 16.2. The molecule has 0 fully saturated rings. The molecule has 8 heteroatoms. The molecule has 120 valence electrons. The predicted molar refractivity (Wildman–Crippen MR) is 80.4 cm³/mol. The van der Waals surface area contributed by atoms with Gasteiger partial charge in [0.25, 0.3) is 0 Å². The summed E-state index contributed by atoms with van der Waals surface area (Å²) in [6.45, 7) is 0.426. The highest BCUT2D eigenvalue weighted by atomic mass is 19.1. The molecule has 0 unspecified atom stereocenters. The number of nitrogens with one attached hydrogen (secondary N) is 3. The van der Waals surface area contributed by atoms with Crippen LogP contribution in [-0.2, 0) is 13.2 Å². The Morgan fingerprint density at radius 1 is 1.43 bits per heavy atom. The third kappa shape index (κ3) is 3.42. The molecule has 2 aromatic heterocycles. The molecule has 0 spiro atoms. The van der Waals surface area contributed by atoms with Crippen LogP contribution >= 0.6 is 0 Å². The maximum atomic E-state index is 14.1. The third-order valence-corrected chi connectivity index (χ3v) is 3.25. The van der Waals surface area contributed by atoms with Gasteiger partial charge in [0.1, 0.15) is 18.6 Å². The first-order valence-electron chi connectivity index (χ1n) is 6.92. The van der Waals surface area contributed by atoms with Crippen molar-refractivity contribution in [2.24, 2.45) is 0 Å². The number of aromatic amines is 1. The number of benzene rings is 1. The Morgan fingerprint density at radius 3 is 3.04 bits per heavy atom. The second-order valence-electron chi connectivity index (χ2n) is 4.87. The van der Waals surface area contributed by atoms with E-state index in [1.807, 2.05) is 0 Å². The number of oxazole rings is 1. The molecule has 0 saturated carbocycles. The minimum atomic E-state index is -0.467. The van der Waals surface area contributed by atoms with Crippen LogP contribution in [-0.4, -0.2) is 23.0 Å². The molecule has 23 heavy (non-hydrogen) atoms. The summed E-state index contributed by atoms with van der Waals surface area (Å²) in [6, 6.07) is 4.45. The molecule has 3 rings (SSSR count). The average Bonchev–Trinajstić information content (AvgIpc) is 3.19. The molecule has 2 amide bonds. The van der Waals surface area contributed by atoms with Crippen molar-refractivity contribution >= 4 is 16.9 Å². The van der Waals surface area contributed by atoms with Gasteiger partial charge in [0.2, 0.25) is 0 Å². The van der Waals surface area contributed by atoms with Gasteiger partial charge in [-0.25, -0.2) is 14.2 Å². The lowest BCUT2D eigenvalue weighted by atomic mass is 10.2. The van der Waals surface area contributed by atoms with Gasteiger partial charge in [0, 0.05) is 29.7 Å². The van der Waals surface area contributed by atoms with E-state index in [4.69, 9.17) is 9.15 Å². The lowest BCUT2D eigenvalue weighted by Gasteiger charge is -2.05. The first kappa shape index (κ1) is 14.9. The number of urea groups is 1. The zero-order valence-corrected chi connectivity index (χ0v) is 12.4. The number of nitrogens with zero attached hydrogens (tertiary/aromatic N) is 1. The molecule has 0 bridgehead atoms. The number of rotatable bonds is 5. The monoisotopic (exact) mass is 318 g/mol. The molecule has 3 aromatic rings. The summed E-state index contributed by atoms with van der Waals surface area (Å²) in [5.74, 6) is -0.348. The van der Waals surface area contributed by atoms with E-state index < -0.39 is 5.82 Å². The van der Waals surface area contributed by atoms with Gasteiger partial charge in [-0.1, -0.05) is 0 Å². The number of carbonyl (C=O) groups is 1. The first-order valence-corrected chi connectivity index (χ1v) is 6.92. The highest BCUT2D eigenvalue weighted by molar-refractivity contribution is 5.82. The largest absolute Gasteiger partial charge is 0.484 e. The molecule has 0 radical (unpaired) electrons. The van der Waals surface area contributed by atoms with Crippen molar-refractivity contribution in [3.63, 3.8) is 0 Å². The number of hydrogen-bond donors (Lipinski definition) is 3. The quantitative estimate of drug-likeness (QED) is 0.673. The van der Waals surface area contributed by atoms with Gasteiger partial charge >= 0.3 is 6.03 Å². The number of fused-ring (bicyclic) bond motifs is 1. The van der Waals surface area contributed by atoms with E-state index in [9.17, 15) is 9.18 Å². The highest BCUT2D eigenvalue weighted by Gasteiger charge is 2.10. The van der Waals surface area contributed by atoms with Crippen LogP contribution < -0.4 is 15.4 Å². The van der Waals surface area contributed by atoms with Crippen molar-refractivity contribution in [2.75, 3.05) is 7.05 Å². The van der Waals surface area contributed by atoms with Gasteiger partial charge in [-0.05, 0) is 12.1 Å². The van der Waals surface area contributed by atoms with Crippen molar-refractivity contribution in [2.45, 2.75) is 13.2 Å². The minimum Gasteiger partial charge on any atom is -0.484 e. The van der Waals surface area contributed by atoms with Gasteiger partial charge in [-0.3, -0.25) is 0 Å². The predicted octanol–water partition coefficient (Wildman–Crippen LogP) is 2.30. The van der Waals surface area contributed by atoms with E-state index in [1.54, 1.807) is 12.1 Å². The minimum absolute atomic E-state index is 0.116. The fourth-order valence-electron chi connectivity index (χ4n) is 2.12. The molecule has 0 saturated heterocycles. The van der Waals surface area contributed by atoms with Gasteiger partial charge in [-0.15, -0.1) is 0 Å². The number of ether oxygens (including phenoxy) is 1. The molecule has 3 N–H and O–H groups in total. The van der Waals surface area contributed by atoms with Crippen molar-refractivity contribution in [1.29, 1.82) is 0 Å². The molecule has 0 atom stereocenters. The zero-order valence-electron chi connectivity index (χ0n) is 12.4. The molecule has 0 aliphatic rings. The van der Waals surface area contributed by atoms with Crippen LogP contribution in [0.5, 0.6) is 5.75 Å². The summed E-state index contributed by atoms with van der Waals surface area (Å²) in [5, 5.41) is 5.82. The van der Waals surface area contributed by atoms with Crippen molar-refractivity contribution in [1.82, 2.24) is 20.6 Å². The number of aromatic nitrogens is 2. The van der Waals surface area contributed by atoms with Crippen molar-refractivity contribution in [3.8, 4) is 5.75 Å². The van der Waals surface area contributed by atoms with Crippen molar-refractivity contribution < 1.29 is 18.3 Å². The molecule has 7 nitrogen and oxygen atoms in total. The Hall–Kier alpha value is -3.03. The lowest BCUT2D eigenvalue weighted by molar-refractivity contribution is 0.242.